The first kappa shape index (κ1) is 11.7. The largest absolute Gasteiger partial charge is 0.309 e. The Morgan fingerprint density at radius 2 is 2.24 bits per heavy atom. The molecule has 0 aliphatic heterocycles. The number of aryl methyl sites for hydroxylation is 1. The van der Waals surface area contributed by atoms with Gasteiger partial charge in [0.1, 0.15) is 0 Å². The molecule has 1 heterocycles. The lowest BCUT2D eigenvalue weighted by atomic mass is 9.84. The average Bonchev–Trinajstić information content (AvgIpc) is 3.01. The minimum absolute atomic E-state index is 0.702. The van der Waals surface area contributed by atoms with Gasteiger partial charge in [0.2, 0.25) is 0 Å². The molecule has 2 fully saturated rings. The van der Waals surface area contributed by atoms with E-state index in [1.54, 1.807) is 0 Å². The zero-order chi connectivity index (χ0) is 11.8. The van der Waals surface area contributed by atoms with E-state index in [1.807, 2.05) is 11.3 Å². The van der Waals surface area contributed by atoms with Crippen LogP contribution in [0.4, 0.5) is 0 Å². The molecule has 0 unspecified atom stereocenters. The van der Waals surface area contributed by atoms with Crippen LogP contribution >= 0.6 is 11.3 Å². The van der Waals surface area contributed by atoms with Crippen molar-refractivity contribution >= 4 is 11.3 Å². The van der Waals surface area contributed by atoms with E-state index in [4.69, 9.17) is 0 Å². The molecule has 1 N–H and O–H groups in total. The first-order valence-electron chi connectivity index (χ1n) is 7.01. The van der Waals surface area contributed by atoms with Crippen molar-refractivity contribution in [2.24, 2.45) is 17.8 Å². The molecular formula is C15H23NS. The Hall–Kier alpha value is -0.340. The highest BCUT2D eigenvalue weighted by atomic mass is 32.1. The van der Waals surface area contributed by atoms with Crippen LogP contribution in [0, 0.1) is 24.7 Å². The number of fused-ring (bicyclic) bond motifs is 2. The fourth-order valence-electron chi connectivity index (χ4n) is 3.90. The van der Waals surface area contributed by atoms with E-state index in [1.165, 1.54) is 35.4 Å². The maximum absolute atomic E-state index is 3.75. The summed E-state index contributed by atoms with van der Waals surface area (Å²) >= 11 is 1.93. The lowest BCUT2D eigenvalue weighted by molar-refractivity contribution is 0.260. The summed E-state index contributed by atoms with van der Waals surface area (Å²) in [5, 5.41) is 3.75. The highest BCUT2D eigenvalue weighted by Crippen LogP contribution is 2.49. The molecule has 3 rings (SSSR count). The zero-order valence-corrected chi connectivity index (χ0v) is 11.7. The number of thiophene rings is 1. The van der Waals surface area contributed by atoms with Crippen LogP contribution in [-0.4, -0.2) is 6.04 Å². The quantitative estimate of drug-likeness (QED) is 0.851. The van der Waals surface area contributed by atoms with Crippen LogP contribution in [-0.2, 0) is 6.54 Å². The number of rotatable bonds is 4. The van der Waals surface area contributed by atoms with Gasteiger partial charge in [0, 0.05) is 22.3 Å². The summed E-state index contributed by atoms with van der Waals surface area (Å²) in [6.07, 6.45) is 6.02. The van der Waals surface area contributed by atoms with Gasteiger partial charge < -0.3 is 5.32 Å². The molecule has 2 bridgehead atoms. The predicted molar refractivity (Wildman–Crippen MR) is 74.3 cm³/mol. The zero-order valence-electron chi connectivity index (χ0n) is 10.9. The Kier molecular flexibility index (Phi) is 3.27. The molecule has 0 spiro atoms. The third kappa shape index (κ3) is 2.43. The summed E-state index contributed by atoms with van der Waals surface area (Å²) in [5.74, 6) is 3.06. The van der Waals surface area contributed by atoms with Crippen LogP contribution in [0.5, 0.6) is 0 Å². The fraction of sp³-hybridized carbons (Fsp3) is 0.733. The van der Waals surface area contributed by atoms with Crippen LogP contribution < -0.4 is 5.32 Å². The average molecular weight is 249 g/mol. The first-order valence-corrected chi connectivity index (χ1v) is 7.82. The molecule has 1 nitrogen and oxygen atoms in total. The van der Waals surface area contributed by atoms with E-state index >= 15 is 0 Å². The van der Waals surface area contributed by atoms with E-state index in [2.05, 4.69) is 31.3 Å². The SMILES string of the molecule is Cc1ccc(CN[C@@H](C)[C@@H]2C[C@H]3CC[C@H]2C3)s1. The number of hydrogen-bond acceptors (Lipinski definition) is 2. The van der Waals surface area contributed by atoms with Crippen LogP contribution in [0.3, 0.4) is 0 Å². The van der Waals surface area contributed by atoms with Gasteiger partial charge >= 0.3 is 0 Å². The van der Waals surface area contributed by atoms with E-state index in [0.29, 0.717) is 6.04 Å². The Bertz CT molecular complexity index is 384. The van der Waals surface area contributed by atoms with Gasteiger partial charge in [-0.1, -0.05) is 6.42 Å². The van der Waals surface area contributed by atoms with E-state index < -0.39 is 0 Å². The summed E-state index contributed by atoms with van der Waals surface area (Å²) in [5.41, 5.74) is 0. The standard InChI is InChI=1S/C15H23NS/c1-10-3-6-14(17-10)9-16-11(2)15-8-12-4-5-13(15)7-12/h3,6,11-13,15-16H,4-5,7-9H2,1-2H3/t11-,12-,13-,15-/m0/s1. The number of hydrogen-bond donors (Lipinski definition) is 1. The van der Waals surface area contributed by atoms with Crippen molar-refractivity contribution in [2.75, 3.05) is 0 Å². The van der Waals surface area contributed by atoms with Gasteiger partial charge in [0.05, 0.1) is 0 Å². The third-order valence-electron chi connectivity index (χ3n) is 4.83. The molecule has 2 saturated carbocycles. The third-order valence-corrected chi connectivity index (χ3v) is 5.83. The molecule has 1 aromatic heterocycles. The summed E-state index contributed by atoms with van der Waals surface area (Å²) in [6.45, 7) is 5.65. The maximum atomic E-state index is 3.75. The summed E-state index contributed by atoms with van der Waals surface area (Å²) in [7, 11) is 0. The maximum Gasteiger partial charge on any atom is 0.0302 e. The highest BCUT2D eigenvalue weighted by Gasteiger charge is 2.41. The molecule has 0 radical (unpaired) electrons. The van der Waals surface area contributed by atoms with Gasteiger partial charge in [-0.25, -0.2) is 0 Å². The molecule has 94 valence electrons. The van der Waals surface area contributed by atoms with E-state index in [9.17, 15) is 0 Å². The molecule has 0 saturated heterocycles. The topological polar surface area (TPSA) is 12.0 Å². The molecule has 4 atom stereocenters. The molecule has 0 amide bonds. The minimum atomic E-state index is 0.702. The van der Waals surface area contributed by atoms with Gasteiger partial charge in [-0.15, -0.1) is 11.3 Å². The number of nitrogens with one attached hydrogen (secondary N) is 1. The van der Waals surface area contributed by atoms with E-state index in [0.717, 1.165) is 24.3 Å². The van der Waals surface area contributed by atoms with Crippen molar-refractivity contribution in [2.45, 2.75) is 52.1 Å². The van der Waals surface area contributed by atoms with Crippen LogP contribution in [0.15, 0.2) is 12.1 Å². The van der Waals surface area contributed by atoms with E-state index in [-0.39, 0.29) is 0 Å². The second kappa shape index (κ2) is 4.74. The smallest absolute Gasteiger partial charge is 0.0302 e. The molecule has 17 heavy (non-hydrogen) atoms. The summed E-state index contributed by atoms with van der Waals surface area (Å²) in [6, 6.07) is 5.19. The van der Waals surface area contributed by atoms with Crippen molar-refractivity contribution < 1.29 is 0 Å². The second-order valence-electron chi connectivity index (χ2n) is 6.02. The van der Waals surface area contributed by atoms with Crippen molar-refractivity contribution in [1.82, 2.24) is 5.32 Å². The molecule has 1 aromatic rings. The Balaban J connectivity index is 1.52. The lowest BCUT2D eigenvalue weighted by Gasteiger charge is -2.28. The molecule has 2 aliphatic carbocycles. The van der Waals surface area contributed by atoms with Gasteiger partial charge in [-0.05, 0) is 63.0 Å². The summed E-state index contributed by atoms with van der Waals surface area (Å²) in [4.78, 5) is 2.91. The molecule has 0 aromatic carbocycles. The minimum Gasteiger partial charge on any atom is -0.309 e. The van der Waals surface area contributed by atoms with Crippen molar-refractivity contribution in [3.8, 4) is 0 Å². The van der Waals surface area contributed by atoms with Crippen molar-refractivity contribution in [1.29, 1.82) is 0 Å². The fourth-order valence-corrected chi connectivity index (χ4v) is 4.74. The Morgan fingerprint density at radius 1 is 1.35 bits per heavy atom. The van der Waals surface area contributed by atoms with Crippen LogP contribution in [0.2, 0.25) is 0 Å². The lowest BCUT2D eigenvalue weighted by Crippen LogP contribution is -2.35. The van der Waals surface area contributed by atoms with Crippen LogP contribution in [0.25, 0.3) is 0 Å². The second-order valence-corrected chi connectivity index (χ2v) is 7.39. The monoisotopic (exact) mass is 249 g/mol. The molecule has 2 heteroatoms. The predicted octanol–water partition coefficient (Wildman–Crippen LogP) is 3.97. The summed E-state index contributed by atoms with van der Waals surface area (Å²) < 4.78 is 0. The van der Waals surface area contributed by atoms with Gasteiger partial charge in [0.15, 0.2) is 0 Å². The van der Waals surface area contributed by atoms with Gasteiger partial charge in [-0.2, -0.15) is 0 Å². The molecular weight excluding hydrogens is 226 g/mol. The van der Waals surface area contributed by atoms with Crippen LogP contribution in [0.1, 0.15) is 42.4 Å². The Labute approximate surface area is 109 Å². The normalized spacial score (nSPS) is 33.2. The van der Waals surface area contributed by atoms with Crippen molar-refractivity contribution in [3.05, 3.63) is 21.9 Å². The Morgan fingerprint density at radius 3 is 2.82 bits per heavy atom. The van der Waals surface area contributed by atoms with Crippen molar-refractivity contribution in [3.63, 3.8) is 0 Å². The van der Waals surface area contributed by atoms with Gasteiger partial charge in [-0.3, -0.25) is 0 Å². The highest BCUT2D eigenvalue weighted by molar-refractivity contribution is 7.11. The van der Waals surface area contributed by atoms with Gasteiger partial charge in [0.25, 0.3) is 0 Å². The first-order chi connectivity index (χ1) is 8.22. The molecule has 2 aliphatic rings.